The lowest BCUT2D eigenvalue weighted by molar-refractivity contribution is -0.385. The number of nitrogens with zero attached hydrogens (tertiary/aromatic N) is 2. The summed E-state index contributed by atoms with van der Waals surface area (Å²) in [4.78, 5) is 32.1. The van der Waals surface area contributed by atoms with Crippen LogP contribution in [0.25, 0.3) is 0 Å². The lowest BCUT2D eigenvalue weighted by atomic mass is 10.00. The number of halogens is 1. The zero-order chi connectivity index (χ0) is 13.0. The average molecular weight is 253 g/mol. The first-order chi connectivity index (χ1) is 8.04. The Bertz CT molecular complexity index is 548. The van der Waals surface area contributed by atoms with Gasteiger partial charge in [-0.1, -0.05) is 0 Å². The number of Topliss-reactive ketones (excluding diaryl/α,β-unsaturated/α-hetero) is 1. The molecule has 0 N–H and O–H groups in total. The molecule has 0 atom stereocenters. The second-order valence-electron chi connectivity index (χ2n) is 3.00. The first kappa shape index (κ1) is 12.8. The molecule has 0 bridgehead atoms. The molecule has 6 nitrogen and oxygen atoms in total. The van der Waals surface area contributed by atoms with Gasteiger partial charge in [0.2, 0.25) is 0 Å². The Morgan fingerprint density at radius 2 is 2.24 bits per heavy atom. The zero-order valence-electron chi connectivity index (χ0n) is 8.34. The highest BCUT2D eigenvalue weighted by Crippen LogP contribution is 2.23. The van der Waals surface area contributed by atoms with Gasteiger partial charge in [0, 0.05) is 11.6 Å². The van der Waals surface area contributed by atoms with Crippen molar-refractivity contribution in [1.29, 1.82) is 5.26 Å². The standard InChI is InChI=1S/C10H5ClN2O4/c11-3-10(15)7-1-6(4-12)2-9(13(16)17)8(7)5-14/h1-2,5H,3H2. The van der Waals surface area contributed by atoms with E-state index in [0.29, 0.717) is 0 Å². The quantitative estimate of drug-likeness (QED) is 0.267. The second kappa shape index (κ2) is 5.18. The molecule has 0 aliphatic carbocycles. The Hall–Kier alpha value is -2.26. The fraction of sp³-hybridized carbons (Fsp3) is 0.100. The summed E-state index contributed by atoms with van der Waals surface area (Å²) in [5, 5.41) is 19.4. The van der Waals surface area contributed by atoms with Gasteiger partial charge in [0.05, 0.1) is 22.4 Å². The van der Waals surface area contributed by atoms with Crippen molar-refractivity contribution < 1.29 is 14.5 Å². The average Bonchev–Trinajstić information content (AvgIpc) is 2.35. The van der Waals surface area contributed by atoms with E-state index in [1.165, 1.54) is 0 Å². The molecule has 0 unspecified atom stereocenters. The molecule has 0 aromatic heterocycles. The minimum absolute atomic E-state index is 0.0734. The third kappa shape index (κ3) is 2.46. The topological polar surface area (TPSA) is 101 Å². The van der Waals surface area contributed by atoms with E-state index in [4.69, 9.17) is 16.9 Å². The second-order valence-corrected chi connectivity index (χ2v) is 3.27. The molecular formula is C10H5ClN2O4. The van der Waals surface area contributed by atoms with E-state index < -0.39 is 22.3 Å². The Morgan fingerprint density at radius 3 is 2.65 bits per heavy atom. The van der Waals surface area contributed by atoms with Crippen molar-refractivity contribution in [1.82, 2.24) is 0 Å². The molecule has 1 aromatic rings. The number of alkyl halides is 1. The summed E-state index contributed by atoms with van der Waals surface area (Å²) >= 11 is 5.32. The van der Waals surface area contributed by atoms with E-state index in [0.717, 1.165) is 12.1 Å². The summed E-state index contributed by atoms with van der Waals surface area (Å²) in [6.07, 6.45) is 0.207. The van der Waals surface area contributed by atoms with Crippen LogP contribution >= 0.6 is 11.6 Å². The van der Waals surface area contributed by atoms with E-state index in [9.17, 15) is 19.7 Å². The van der Waals surface area contributed by atoms with Gasteiger partial charge in [-0.2, -0.15) is 5.26 Å². The number of hydrogen-bond donors (Lipinski definition) is 0. The Balaban J connectivity index is 3.63. The highest BCUT2D eigenvalue weighted by Gasteiger charge is 2.22. The first-order valence-corrected chi connectivity index (χ1v) is 4.85. The maximum absolute atomic E-state index is 11.4. The van der Waals surface area contributed by atoms with Crippen molar-refractivity contribution >= 4 is 29.4 Å². The Kier molecular flexibility index (Phi) is 3.91. The number of nitriles is 1. The predicted molar refractivity (Wildman–Crippen MR) is 58.2 cm³/mol. The fourth-order valence-electron chi connectivity index (χ4n) is 1.28. The zero-order valence-corrected chi connectivity index (χ0v) is 9.10. The molecule has 17 heavy (non-hydrogen) atoms. The van der Waals surface area contributed by atoms with Gasteiger partial charge >= 0.3 is 0 Å². The normalized spacial score (nSPS) is 9.41. The van der Waals surface area contributed by atoms with Gasteiger partial charge in [0.1, 0.15) is 5.56 Å². The number of ketones is 1. The molecule has 0 fully saturated rings. The third-order valence-electron chi connectivity index (χ3n) is 2.02. The molecule has 0 saturated carbocycles. The first-order valence-electron chi connectivity index (χ1n) is 4.32. The largest absolute Gasteiger partial charge is 0.298 e. The van der Waals surface area contributed by atoms with E-state index >= 15 is 0 Å². The molecule has 1 rings (SSSR count). The monoisotopic (exact) mass is 252 g/mol. The van der Waals surface area contributed by atoms with Crippen LogP contribution in [-0.4, -0.2) is 22.9 Å². The van der Waals surface area contributed by atoms with Crippen LogP contribution in [0.15, 0.2) is 12.1 Å². The van der Waals surface area contributed by atoms with Crippen LogP contribution in [0.1, 0.15) is 26.3 Å². The van der Waals surface area contributed by atoms with Crippen LogP contribution in [0.4, 0.5) is 5.69 Å². The molecule has 7 heteroatoms. The van der Waals surface area contributed by atoms with Crippen molar-refractivity contribution in [2.45, 2.75) is 0 Å². The van der Waals surface area contributed by atoms with Crippen molar-refractivity contribution in [3.8, 4) is 6.07 Å². The van der Waals surface area contributed by atoms with Gasteiger partial charge in [0.15, 0.2) is 12.1 Å². The molecule has 0 radical (unpaired) electrons. The fourth-order valence-corrected chi connectivity index (χ4v) is 1.42. The van der Waals surface area contributed by atoms with Crippen molar-refractivity contribution in [2.24, 2.45) is 0 Å². The van der Waals surface area contributed by atoms with Crippen LogP contribution in [-0.2, 0) is 0 Å². The lowest BCUT2D eigenvalue weighted by Crippen LogP contribution is -2.08. The van der Waals surface area contributed by atoms with Crippen LogP contribution in [0.2, 0.25) is 0 Å². The van der Waals surface area contributed by atoms with Crippen molar-refractivity contribution in [3.63, 3.8) is 0 Å². The highest BCUT2D eigenvalue weighted by molar-refractivity contribution is 6.31. The molecule has 0 heterocycles. The number of carbonyl (C=O) groups is 2. The van der Waals surface area contributed by atoms with Gasteiger partial charge in [-0.3, -0.25) is 19.7 Å². The number of aldehydes is 1. The molecule has 0 spiro atoms. The molecule has 0 aliphatic heterocycles. The minimum Gasteiger partial charge on any atom is -0.298 e. The minimum atomic E-state index is -0.824. The molecule has 0 amide bonds. The molecular weight excluding hydrogens is 248 g/mol. The van der Waals surface area contributed by atoms with Gasteiger partial charge in [-0.15, -0.1) is 11.6 Å². The molecule has 86 valence electrons. The molecule has 1 aromatic carbocycles. The molecule has 0 saturated heterocycles. The summed E-state index contributed by atoms with van der Waals surface area (Å²) in [6.45, 7) is 0. The summed E-state index contributed by atoms with van der Waals surface area (Å²) in [5.41, 5.74) is -1.22. The number of hydrogen-bond acceptors (Lipinski definition) is 5. The van der Waals surface area contributed by atoms with Gasteiger partial charge in [-0.25, -0.2) is 0 Å². The van der Waals surface area contributed by atoms with Crippen LogP contribution in [0.3, 0.4) is 0 Å². The van der Waals surface area contributed by atoms with E-state index in [2.05, 4.69) is 0 Å². The maximum Gasteiger partial charge on any atom is 0.281 e. The Labute approximate surface area is 101 Å². The van der Waals surface area contributed by atoms with E-state index in [-0.39, 0.29) is 23.0 Å². The van der Waals surface area contributed by atoms with Crippen LogP contribution in [0, 0.1) is 21.4 Å². The summed E-state index contributed by atoms with van der Waals surface area (Å²) in [7, 11) is 0. The predicted octanol–water partition coefficient (Wildman–Crippen LogP) is 1.70. The van der Waals surface area contributed by atoms with Crippen LogP contribution < -0.4 is 0 Å². The van der Waals surface area contributed by atoms with E-state index in [1.807, 2.05) is 0 Å². The SMILES string of the molecule is N#Cc1cc(C(=O)CCl)c(C=O)c([N+](=O)[O-])c1. The number of nitro benzene ring substituents is 1. The lowest BCUT2D eigenvalue weighted by Gasteiger charge is -2.03. The Morgan fingerprint density at radius 1 is 1.59 bits per heavy atom. The maximum atomic E-state index is 11.4. The van der Waals surface area contributed by atoms with Crippen molar-refractivity contribution in [2.75, 3.05) is 5.88 Å². The summed E-state index contributed by atoms with van der Waals surface area (Å²) in [5.74, 6) is -1.07. The smallest absolute Gasteiger partial charge is 0.281 e. The number of nitro groups is 1. The van der Waals surface area contributed by atoms with Gasteiger partial charge < -0.3 is 0 Å². The third-order valence-corrected chi connectivity index (χ3v) is 2.27. The van der Waals surface area contributed by atoms with Crippen molar-refractivity contribution in [3.05, 3.63) is 38.9 Å². The van der Waals surface area contributed by atoms with Gasteiger partial charge in [0.25, 0.3) is 5.69 Å². The van der Waals surface area contributed by atoms with Crippen LogP contribution in [0.5, 0.6) is 0 Å². The number of benzene rings is 1. The highest BCUT2D eigenvalue weighted by atomic mass is 35.5. The molecule has 0 aliphatic rings. The summed E-state index contributed by atoms with van der Waals surface area (Å²) < 4.78 is 0. The number of carbonyl (C=O) groups excluding carboxylic acids is 2. The van der Waals surface area contributed by atoms with E-state index in [1.54, 1.807) is 6.07 Å². The summed E-state index contributed by atoms with van der Waals surface area (Å²) in [6, 6.07) is 3.73. The number of rotatable bonds is 4. The van der Waals surface area contributed by atoms with Gasteiger partial charge in [-0.05, 0) is 6.07 Å².